The molecule has 4 N–H and O–H groups in total. The van der Waals surface area contributed by atoms with Crippen molar-refractivity contribution in [3.8, 4) is 0 Å². The first-order valence-corrected chi connectivity index (χ1v) is 10.2. The molecule has 0 saturated carbocycles. The highest BCUT2D eigenvalue weighted by Crippen LogP contribution is 2.26. The first-order valence-electron chi connectivity index (χ1n) is 10.2. The van der Waals surface area contributed by atoms with Gasteiger partial charge < -0.3 is 35.5 Å². The standard InChI is InChI=1S/C21H33FN4O5/c1-21(2,3)31-20(28)25-16-12-26(8-6-17(16)30-5)19(27)13-10-14(22)18(15(23)11-13)24-7-9-29-4/h10-11,16-17,24H,6-9,12,23H2,1-5H3,(H,25,28). The van der Waals surface area contributed by atoms with Crippen molar-refractivity contribution in [1.29, 1.82) is 0 Å². The van der Waals surface area contributed by atoms with Gasteiger partial charge in [-0.05, 0) is 39.3 Å². The number of methoxy groups -OCH3 is 2. The molecular formula is C21H33FN4O5. The Morgan fingerprint density at radius 3 is 2.58 bits per heavy atom. The highest BCUT2D eigenvalue weighted by atomic mass is 19.1. The van der Waals surface area contributed by atoms with Crippen LogP contribution < -0.4 is 16.4 Å². The average Bonchev–Trinajstić information content (AvgIpc) is 2.67. The van der Waals surface area contributed by atoms with Crippen LogP contribution >= 0.6 is 0 Å². The van der Waals surface area contributed by atoms with Crippen LogP contribution in [0.2, 0.25) is 0 Å². The molecule has 10 heteroatoms. The van der Waals surface area contributed by atoms with Crippen LogP contribution in [0.25, 0.3) is 0 Å². The van der Waals surface area contributed by atoms with Crippen LogP contribution in [-0.4, -0.2) is 75.1 Å². The Labute approximate surface area is 182 Å². The van der Waals surface area contributed by atoms with Gasteiger partial charge in [0.1, 0.15) is 11.4 Å². The maximum Gasteiger partial charge on any atom is 0.408 e. The summed E-state index contributed by atoms with van der Waals surface area (Å²) in [4.78, 5) is 26.8. The number of halogens is 1. The van der Waals surface area contributed by atoms with Crippen molar-refractivity contribution in [3.63, 3.8) is 0 Å². The summed E-state index contributed by atoms with van der Waals surface area (Å²) in [7, 11) is 3.10. The number of hydrogen-bond acceptors (Lipinski definition) is 7. The van der Waals surface area contributed by atoms with Gasteiger partial charge in [-0.3, -0.25) is 4.79 Å². The lowest BCUT2D eigenvalue weighted by atomic mass is 10.0. The van der Waals surface area contributed by atoms with Gasteiger partial charge in [0.25, 0.3) is 5.91 Å². The number of nitrogens with zero attached hydrogens (tertiary/aromatic N) is 1. The van der Waals surface area contributed by atoms with Gasteiger partial charge >= 0.3 is 6.09 Å². The molecule has 0 aliphatic carbocycles. The fraction of sp³-hybridized carbons (Fsp3) is 0.619. The number of anilines is 2. The van der Waals surface area contributed by atoms with Gasteiger partial charge in [0.2, 0.25) is 0 Å². The molecule has 1 aromatic rings. The highest BCUT2D eigenvalue weighted by molar-refractivity contribution is 5.96. The molecule has 174 valence electrons. The number of benzene rings is 1. The number of hydrogen-bond donors (Lipinski definition) is 3. The van der Waals surface area contributed by atoms with E-state index in [9.17, 15) is 14.0 Å². The Morgan fingerprint density at radius 1 is 1.29 bits per heavy atom. The molecule has 9 nitrogen and oxygen atoms in total. The predicted octanol–water partition coefficient (Wildman–Crippen LogP) is 2.22. The second-order valence-corrected chi connectivity index (χ2v) is 8.41. The Balaban J connectivity index is 2.11. The SMILES string of the molecule is COCCNc1c(N)cc(C(=O)N2CCC(OC)C(NC(=O)OC(C)(C)C)C2)cc1F. The third-order valence-electron chi connectivity index (χ3n) is 4.82. The second kappa shape index (κ2) is 10.6. The summed E-state index contributed by atoms with van der Waals surface area (Å²) in [6, 6.07) is 2.14. The van der Waals surface area contributed by atoms with E-state index in [1.165, 1.54) is 6.07 Å². The van der Waals surface area contributed by atoms with Crippen molar-refractivity contribution in [1.82, 2.24) is 10.2 Å². The van der Waals surface area contributed by atoms with Crippen molar-refractivity contribution in [2.24, 2.45) is 0 Å². The average molecular weight is 441 g/mol. The number of ether oxygens (including phenoxy) is 3. The largest absolute Gasteiger partial charge is 0.444 e. The molecule has 1 aliphatic rings. The molecule has 2 atom stereocenters. The van der Waals surface area contributed by atoms with Gasteiger partial charge in [0.05, 0.1) is 30.1 Å². The van der Waals surface area contributed by atoms with Crippen LogP contribution in [0, 0.1) is 5.82 Å². The number of nitrogens with one attached hydrogen (secondary N) is 2. The van der Waals surface area contributed by atoms with Gasteiger partial charge in [-0.25, -0.2) is 9.18 Å². The first-order chi connectivity index (χ1) is 14.6. The van der Waals surface area contributed by atoms with Crippen LogP contribution in [-0.2, 0) is 14.2 Å². The van der Waals surface area contributed by atoms with Crippen molar-refractivity contribution in [2.75, 3.05) is 51.5 Å². The lowest BCUT2D eigenvalue weighted by molar-refractivity contribution is 0.00319. The number of nitrogen functional groups attached to an aromatic ring is 1. The zero-order valence-corrected chi connectivity index (χ0v) is 18.8. The monoisotopic (exact) mass is 440 g/mol. The Bertz CT molecular complexity index is 761. The minimum Gasteiger partial charge on any atom is -0.444 e. The maximum atomic E-state index is 14.5. The number of carbonyl (C=O) groups is 2. The van der Waals surface area contributed by atoms with E-state index in [4.69, 9.17) is 19.9 Å². The fourth-order valence-corrected chi connectivity index (χ4v) is 3.39. The summed E-state index contributed by atoms with van der Waals surface area (Å²) < 4.78 is 30.2. The number of amides is 2. The maximum absolute atomic E-state index is 14.5. The molecule has 2 amide bonds. The minimum absolute atomic E-state index is 0.134. The van der Waals surface area contributed by atoms with Crippen LogP contribution in [0.4, 0.5) is 20.6 Å². The molecule has 2 rings (SSSR count). The number of carbonyl (C=O) groups excluding carboxylic acids is 2. The topological polar surface area (TPSA) is 115 Å². The number of rotatable bonds is 7. The van der Waals surface area contributed by atoms with Crippen molar-refractivity contribution in [3.05, 3.63) is 23.5 Å². The van der Waals surface area contributed by atoms with Crippen molar-refractivity contribution < 1.29 is 28.2 Å². The number of nitrogens with two attached hydrogens (primary N) is 1. The second-order valence-electron chi connectivity index (χ2n) is 8.41. The van der Waals surface area contributed by atoms with E-state index in [2.05, 4.69) is 10.6 Å². The lowest BCUT2D eigenvalue weighted by Gasteiger charge is -2.38. The quantitative estimate of drug-likeness (QED) is 0.440. The van der Waals surface area contributed by atoms with Crippen LogP contribution in [0.3, 0.4) is 0 Å². The fourth-order valence-electron chi connectivity index (χ4n) is 3.39. The molecule has 0 radical (unpaired) electrons. The van der Waals surface area contributed by atoms with E-state index in [1.54, 1.807) is 39.9 Å². The van der Waals surface area contributed by atoms with Gasteiger partial charge in [-0.1, -0.05) is 0 Å². The van der Waals surface area contributed by atoms with Crippen LogP contribution in [0.5, 0.6) is 0 Å². The first kappa shape index (κ1) is 24.7. The molecule has 31 heavy (non-hydrogen) atoms. The molecule has 0 aromatic heterocycles. The van der Waals surface area contributed by atoms with Crippen LogP contribution in [0.15, 0.2) is 12.1 Å². The normalized spacial score (nSPS) is 19.1. The summed E-state index contributed by atoms with van der Waals surface area (Å²) in [6.07, 6.45) is -0.349. The smallest absolute Gasteiger partial charge is 0.408 e. The molecule has 1 saturated heterocycles. The summed E-state index contributed by atoms with van der Waals surface area (Å²) in [5, 5.41) is 5.63. The molecule has 2 unspecified atom stereocenters. The van der Waals surface area contributed by atoms with Gasteiger partial charge in [-0.2, -0.15) is 0 Å². The molecule has 1 heterocycles. The van der Waals surface area contributed by atoms with E-state index in [0.29, 0.717) is 26.1 Å². The van der Waals surface area contributed by atoms with Gasteiger partial charge in [0, 0.05) is 39.4 Å². The van der Waals surface area contributed by atoms with Gasteiger partial charge in [0.15, 0.2) is 0 Å². The minimum atomic E-state index is -0.648. The van der Waals surface area contributed by atoms with E-state index >= 15 is 0 Å². The number of alkyl carbamates (subject to hydrolysis) is 1. The summed E-state index contributed by atoms with van der Waals surface area (Å²) >= 11 is 0. The van der Waals surface area contributed by atoms with E-state index in [1.807, 2.05) is 0 Å². The molecule has 0 spiro atoms. The molecule has 1 fully saturated rings. The summed E-state index contributed by atoms with van der Waals surface area (Å²) in [5.41, 5.74) is 5.72. The predicted molar refractivity (Wildman–Crippen MR) is 116 cm³/mol. The zero-order chi connectivity index (χ0) is 23.2. The molecular weight excluding hydrogens is 407 g/mol. The van der Waals surface area contributed by atoms with E-state index in [-0.39, 0.29) is 35.5 Å². The van der Waals surface area contributed by atoms with Crippen molar-refractivity contribution in [2.45, 2.75) is 44.9 Å². The highest BCUT2D eigenvalue weighted by Gasteiger charge is 2.34. The van der Waals surface area contributed by atoms with Crippen LogP contribution in [0.1, 0.15) is 37.6 Å². The Morgan fingerprint density at radius 2 is 2.00 bits per heavy atom. The van der Waals surface area contributed by atoms with E-state index in [0.717, 1.165) is 6.07 Å². The number of piperidine rings is 1. The number of likely N-dealkylation sites (tertiary alicyclic amines) is 1. The zero-order valence-electron chi connectivity index (χ0n) is 18.8. The lowest BCUT2D eigenvalue weighted by Crippen LogP contribution is -2.57. The molecule has 1 aromatic carbocycles. The third-order valence-corrected chi connectivity index (χ3v) is 4.82. The Hall–Kier alpha value is -2.59. The molecule has 0 bridgehead atoms. The summed E-state index contributed by atoms with van der Waals surface area (Å²) in [6.45, 7) is 6.68. The Kier molecular flexibility index (Phi) is 8.46. The molecule has 1 aliphatic heterocycles. The van der Waals surface area contributed by atoms with Gasteiger partial charge in [-0.15, -0.1) is 0 Å². The summed E-state index contributed by atoms with van der Waals surface area (Å²) in [5.74, 6) is -0.991. The van der Waals surface area contributed by atoms with Crippen molar-refractivity contribution >= 4 is 23.4 Å². The van der Waals surface area contributed by atoms with E-state index < -0.39 is 23.6 Å². The third kappa shape index (κ3) is 6.96.